The molecule has 0 aromatic carbocycles. The van der Waals surface area contributed by atoms with Gasteiger partial charge in [-0.15, -0.1) is 0 Å². The second kappa shape index (κ2) is 7.07. The molecule has 0 radical (unpaired) electrons. The van der Waals surface area contributed by atoms with Crippen LogP contribution in [-0.2, 0) is 9.53 Å². The minimum Gasteiger partial charge on any atom is -0.379 e. The van der Waals surface area contributed by atoms with Crippen molar-refractivity contribution < 1.29 is 9.53 Å². The molecule has 2 N–H and O–H groups in total. The first-order valence-corrected chi connectivity index (χ1v) is 6.66. The van der Waals surface area contributed by atoms with E-state index >= 15 is 0 Å². The third kappa shape index (κ3) is 3.93. The van der Waals surface area contributed by atoms with Crippen LogP contribution in [0.1, 0.15) is 13.8 Å². The molecule has 1 aliphatic heterocycles. The van der Waals surface area contributed by atoms with Crippen LogP contribution in [0.25, 0.3) is 0 Å². The van der Waals surface area contributed by atoms with E-state index in [4.69, 9.17) is 4.74 Å². The van der Waals surface area contributed by atoms with E-state index in [1.807, 2.05) is 21.1 Å². The molecule has 5 heteroatoms. The van der Waals surface area contributed by atoms with Crippen LogP contribution in [0.15, 0.2) is 0 Å². The summed E-state index contributed by atoms with van der Waals surface area (Å²) in [7, 11) is 5.97. The summed E-state index contributed by atoms with van der Waals surface area (Å²) in [5, 5.41) is 6.18. The van der Waals surface area contributed by atoms with Crippen molar-refractivity contribution in [3.63, 3.8) is 0 Å². The molecule has 0 spiro atoms. The molecule has 1 saturated heterocycles. The summed E-state index contributed by atoms with van der Waals surface area (Å²) < 4.78 is 5.35. The first-order chi connectivity index (χ1) is 8.47. The molecule has 0 aromatic heterocycles. The Kier molecular flexibility index (Phi) is 6.05. The predicted octanol–water partition coefficient (Wildman–Crippen LogP) is -0.0768. The standard InChI is InChI=1S/C13H27N3O2/c1-9(2)12(16(4)5)6-15-13(17)10-7-18-8-11(10)14-3/h9-12,14H,6-8H2,1-5H3,(H,15,17). The Bertz CT molecular complexity index is 261. The minimum absolute atomic E-state index is 0.0648. The average Bonchev–Trinajstić information content (AvgIpc) is 2.75. The van der Waals surface area contributed by atoms with Gasteiger partial charge in [0.2, 0.25) is 5.91 Å². The van der Waals surface area contributed by atoms with Crippen molar-refractivity contribution in [1.82, 2.24) is 15.5 Å². The number of nitrogens with zero attached hydrogens (tertiary/aromatic N) is 1. The number of carbonyl (C=O) groups excluding carboxylic acids is 1. The molecule has 1 fully saturated rings. The van der Waals surface area contributed by atoms with Gasteiger partial charge in [0.25, 0.3) is 0 Å². The highest BCUT2D eigenvalue weighted by atomic mass is 16.5. The summed E-state index contributed by atoms with van der Waals surface area (Å²) >= 11 is 0. The number of rotatable bonds is 6. The molecule has 3 unspecified atom stereocenters. The molecule has 1 aliphatic rings. The van der Waals surface area contributed by atoms with Crippen LogP contribution in [0.2, 0.25) is 0 Å². The number of hydrogen-bond donors (Lipinski definition) is 2. The van der Waals surface area contributed by atoms with E-state index in [2.05, 4.69) is 29.4 Å². The van der Waals surface area contributed by atoms with Crippen LogP contribution in [0.4, 0.5) is 0 Å². The fourth-order valence-corrected chi connectivity index (χ4v) is 2.45. The molecule has 18 heavy (non-hydrogen) atoms. The summed E-state index contributed by atoms with van der Waals surface area (Å²) in [4.78, 5) is 14.3. The van der Waals surface area contributed by atoms with E-state index < -0.39 is 0 Å². The van der Waals surface area contributed by atoms with Crippen molar-refractivity contribution in [2.75, 3.05) is 40.9 Å². The zero-order chi connectivity index (χ0) is 13.7. The number of nitrogens with one attached hydrogen (secondary N) is 2. The molecule has 1 amide bonds. The molecule has 3 atom stereocenters. The lowest BCUT2D eigenvalue weighted by Gasteiger charge is -2.28. The van der Waals surface area contributed by atoms with Gasteiger partial charge in [-0.2, -0.15) is 0 Å². The van der Waals surface area contributed by atoms with Gasteiger partial charge in [0, 0.05) is 18.6 Å². The fourth-order valence-electron chi connectivity index (χ4n) is 2.45. The summed E-state index contributed by atoms with van der Waals surface area (Å²) in [5.41, 5.74) is 0. The maximum atomic E-state index is 12.1. The average molecular weight is 257 g/mol. The highest BCUT2D eigenvalue weighted by molar-refractivity contribution is 5.79. The van der Waals surface area contributed by atoms with Crippen LogP contribution in [-0.4, -0.2) is 63.8 Å². The van der Waals surface area contributed by atoms with E-state index in [1.165, 1.54) is 0 Å². The van der Waals surface area contributed by atoms with Crippen molar-refractivity contribution in [2.45, 2.75) is 25.9 Å². The van der Waals surface area contributed by atoms with Gasteiger partial charge in [-0.05, 0) is 27.1 Å². The van der Waals surface area contributed by atoms with Gasteiger partial charge in [-0.25, -0.2) is 0 Å². The van der Waals surface area contributed by atoms with Crippen LogP contribution in [0, 0.1) is 11.8 Å². The zero-order valence-corrected chi connectivity index (χ0v) is 12.2. The highest BCUT2D eigenvalue weighted by Crippen LogP contribution is 2.14. The highest BCUT2D eigenvalue weighted by Gasteiger charge is 2.33. The van der Waals surface area contributed by atoms with Crippen LogP contribution >= 0.6 is 0 Å². The zero-order valence-electron chi connectivity index (χ0n) is 12.2. The largest absolute Gasteiger partial charge is 0.379 e. The van der Waals surface area contributed by atoms with Gasteiger partial charge in [0.1, 0.15) is 0 Å². The third-order valence-electron chi connectivity index (χ3n) is 3.71. The Morgan fingerprint density at radius 2 is 2.06 bits per heavy atom. The fraction of sp³-hybridized carbons (Fsp3) is 0.923. The van der Waals surface area contributed by atoms with E-state index in [-0.39, 0.29) is 17.9 Å². The quantitative estimate of drug-likeness (QED) is 0.699. The summed E-state index contributed by atoms with van der Waals surface area (Å²) in [6, 6.07) is 0.506. The summed E-state index contributed by atoms with van der Waals surface area (Å²) in [6.45, 7) is 6.18. The molecule has 0 aliphatic carbocycles. The van der Waals surface area contributed by atoms with E-state index in [9.17, 15) is 4.79 Å². The molecule has 5 nitrogen and oxygen atoms in total. The van der Waals surface area contributed by atoms with Crippen molar-refractivity contribution in [1.29, 1.82) is 0 Å². The Hall–Kier alpha value is -0.650. The summed E-state index contributed by atoms with van der Waals surface area (Å²) in [6.07, 6.45) is 0. The van der Waals surface area contributed by atoms with Gasteiger partial charge in [-0.3, -0.25) is 4.79 Å². The maximum absolute atomic E-state index is 12.1. The number of ether oxygens (including phenoxy) is 1. The van der Waals surface area contributed by atoms with Gasteiger partial charge in [0.05, 0.1) is 19.1 Å². The molecule has 0 saturated carbocycles. The molecule has 106 valence electrons. The Morgan fingerprint density at radius 1 is 1.39 bits per heavy atom. The van der Waals surface area contributed by atoms with E-state index in [1.54, 1.807) is 0 Å². The Labute approximate surface area is 110 Å². The number of hydrogen-bond acceptors (Lipinski definition) is 4. The molecule has 1 heterocycles. The molecule has 0 bridgehead atoms. The minimum atomic E-state index is -0.0648. The number of carbonyl (C=O) groups is 1. The molecule has 1 rings (SSSR count). The second-order valence-corrected chi connectivity index (χ2v) is 5.56. The van der Waals surface area contributed by atoms with Crippen molar-refractivity contribution in [3.8, 4) is 0 Å². The third-order valence-corrected chi connectivity index (χ3v) is 3.71. The lowest BCUT2D eigenvalue weighted by atomic mass is 10.0. The van der Waals surface area contributed by atoms with Crippen molar-refractivity contribution >= 4 is 5.91 Å². The van der Waals surface area contributed by atoms with Crippen molar-refractivity contribution in [2.24, 2.45) is 11.8 Å². The van der Waals surface area contributed by atoms with Crippen LogP contribution in [0.5, 0.6) is 0 Å². The lowest BCUT2D eigenvalue weighted by Crippen LogP contribution is -2.48. The topological polar surface area (TPSA) is 53.6 Å². The molecule has 0 aromatic rings. The first kappa shape index (κ1) is 15.4. The van der Waals surface area contributed by atoms with Crippen LogP contribution < -0.4 is 10.6 Å². The first-order valence-electron chi connectivity index (χ1n) is 6.66. The molecular formula is C13H27N3O2. The Balaban J connectivity index is 2.44. The van der Waals surface area contributed by atoms with Gasteiger partial charge >= 0.3 is 0 Å². The lowest BCUT2D eigenvalue weighted by molar-refractivity contribution is -0.125. The predicted molar refractivity (Wildman–Crippen MR) is 72.5 cm³/mol. The second-order valence-electron chi connectivity index (χ2n) is 5.56. The SMILES string of the molecule is CNC1COCC1C(=O)NCC(C(C)C)N(C)C. The number of likely N-dealkylation sites (N-methyl/N-ethyl adjacent to an activating group) is 2. The van der Waals surface area contributed by atoms with Gasteiger partial charge < -0.3 is 20.3 Å². The van der Waals surface area contributed by atoms with Crippen LogP contribution in [0.3, 0.4) is 0 Å². The van der Waals surface area contributed by atoms with Crippen molar-refractivity contribution in [3.05, 3.63) is 0 Å². The molecular weight excluding hydrogens is 230 g/mol. The number of amides is 1. The van der Waals surface area contributed by atoms with Gasteiger partial charge in [-0.1, -0.05) is 13.8 Å². The van der Waals surface area contributed by atoms with E-state index in [0.29, 0.717) is 31.7 Å². The summed E-state index contributed by atoms with van der Waals surface area (Å²) in [5.74, 6) is 0.546. The van der Waals surface area contributed by atoms with Gasteiger partial charge in [0.15, 0.2) is 0 Å². The smallest absolute Gasteiger partial charge is 0.227 e. The van der Waals surface area contributed by atoms with E-state index in [0.717, 1.165) is 0 Å². The Morgan fingerprint density at radius 3 is 2.56 bits per heavy atom. The maximum Gasteiger partial charge on any atom is 0.227 e. The normalized spacial score (nSPS) is 25.7. The monoisotopic (exact) mass is 257 g/mol.